The average molecular weight is 274 g/mol. The van der Waals surface area contributed by atoms with Gasteiger partial charge in [-0.3, -0.25) is 0 Å². The average Bonchev–Trinajstić information content (AvgIpc) is 2.46. The summed E-state index contributed by atoms with van der Waals surface area (Å²) in [6, 6.07) is 7.18. The summed E-state index contributed by atoms with van der Waals surface area (Å²) in [5, 5.41) is 7.24. The van der Waals surface area contributed by atoms with E-state index in [4.69, 9.17) is 4.74 Å². The summed E-state index contributed by atoms with van der Waals surface area (Å²) in [7, 11) is 1.82. The van der Waals surface area contributed by atoms with Crippen LogP contribution < -0.4 is 10.6 Å². The number of benzene rings is 1. The summed E-state index contributed by atoms with van der Waals surface area (Å²) in [5.74, 6) is 0. The molecule has 20 heavy (non-hydrogen) atoms. The lowest BCUT2D eigenvalue weighted by Crippen LogP contribution is -2.60. The lowest BCUT2D eigenvalue weighted by Gasteiger charge is -2.51. The first kappa shape index (κ1) is 13.9. The van der Waals surface area contributed by atoms with Gasteiger partial charge in [0.2, 0.25) is 0 Å². The Kier molecular flexibility index (Phi) is 3.74. The van der Waals surface area contributed by atoms with Crippen LogP contribution in [0.3, 0.4) is 0 Å². The maximum atomic E-state index is 5.52. The molecule has 1 fully saturated rings. The van der Waals surface area contributed by atoms with Gasteiger partial charge in [-0.25, -0.2) is 0 Å². The molecule has 1 aromatic rings. The molecule has 110 valence electrons. The van der Waals surface area contributed by atoms with Crippen LogP contribution >= 0.6 is 0 Å². The lowest BCUT2D eigenvalue weighted by atomic mass is 9.64. The molecule has 0 amide bonds. The highest BCUT2D eigenvalue weighted by atomic mass is 16.5. The van der Waals surface area contributed by atoms with E-state index in [0.29, 0.717) is 12.1 Å². The Bertz CT molecular complexity index is 484. The zero-order valence-corrected chi connectivity index (χ0v) is 12.8. The van der Waals surface area contributed by atoms with Gasteiger partial charge >= 0.3 is 0 Å². The summed E-state index contributed by atoms with van der Waals surface area (Å²) in [6.45, 7) is 6.67. The third-order valence-electron chi connectivity index (χ3n) is 5.19. The van der Waals surface area contributed by atoms with E-state index in [-0.39, 0.29) is 5.41 Å². The summed E-state index contributed by atoms with van der Waals surface area (Å²) in [6.07, 6.45) is 3.96. The zero-order valence-electron chi connectivity index (χ0n) is 12.8. The first-order chi connectivity index (χ1) is 9.63. The second kappa shape index (κ2) is 5.38. The van der Waals surface area contributed by atoms with Crippen molar-refractivity contribution in [1.29, 1.82) is 0 Å². The molecule has 1 heterocycles. The molecule has 0 spiro atoms. The van der Waals surface area contributed by atoms with Gasteiger partial charge in [0.15, 0.2) is 0 Å². The van der Waals surface area contributed by atoms with Crippen molar-refractivity contribution in [2.45, 2.75) is 51.8 Å². The maximum Gasteiger partial charge on any atom is 0.0652 e. The Hall–Kier alpha value is -1.06. The highest BCUT2D eigenvalue weighted by molar-refractivity contribution is 5.56. The number of ether oxygens (including phenoxy) is 1. The van der Waals surface area contributed by atoms with Crippen molar-refractivity contribution in [2.24, 2.45) is 5.41 Å². The fraction of sp³-hybridized carbons (Fsp3) is 0.647. The Labute approximate surface area is 122 Å². The Morgan fingerprint density at radius 1 is 1.40 bits per heavy atom. The molecule has 1 aliphatic carbocycles. The van der Waals surface area contributed by atoms with Crippen molar-refractivity contribution in [3.8, 4) is 0 Å². The normalized spacial score (nSPS) is 27.4. The topological polar surface area (TPSA) is 33.3 Å². The largest absolute Gasteiger partial charge is 0.385 e. The third-order valence-corrected chi connectivity index (χ3v) is 5.19. The summed E-state index contributed by atoms with van der Waals surface area (Å²) < 4.78 is 5.52. The Balaban J connectivity index is 1.65. The van der Waals surface area contributed by atoms with Gasteiger partial charge in [0, 0.05) is 37.3 Å². The molecule has 2 aliphatic rings. The summed E-state index contributed by atoms with van der Waals surface area (Å²) >= 11 is 0. The van der Waals surface area contributed by atoms with Crippen LogP contribution in [0.2, 0.25) is 0 Å². The lowest BCUT2D eigenvalue weighted by molar-refractivity contribution is -0.0979. The van der Waals surface area contributed by atoms with E-state index in [0.717, 1.165) is 19.5 Å². The molecule has 2 unspecified atom stereocenters. The van der Waals surface area contributed by atoms with E-state index >= 15 is 0 Å². The molecule has 0 bridgehead atoms. The van der Waals surface area contributed by atoms with E-state index in [1.165, 1.54) is 29.7 Å². The van der Waals surface area contributed by atoms with Crippen molar-refractivity contribution in [2.75, 3.05) is 19.0 Å². The van der Waals surface area contributed by atoms with Gasteiger partial charge < -0.3 is 15.4 Å². The van der Waals surface area contributed by atoms with Crippen LogP contribution in [0.4, 0.5) is 5.69 Å². The van der Waals surface area contributed by atoms with Gasteiger partial charge in [-0.2, -0.15) is 0 Å². The first-order valence-electron chi connectivity index (χ1n) is 7.73. The smallest absolute Gasteiger partial charge is 0.0652 e. The van der Waals surface area contributed by atoms with Crippen molar-refractivity contribution < 1.29 is 4.74 Å². The number of rotatable bonds is 4. The number of fused-ring (bicyclic) bond motifs is 1. The van der Waals surface area contributed by atoms with Gasteiger partial charge in [-0.05, 0) is 36.5 Å². The standard InChI is InChI=1S/C17H26N2O/c1-17(2)15(10-16(17)20-3)19-11-12-6-4-8-14-13(12)7-5-9-18-14/h4,6,8,15-16,18-19H,5,7,9-11H2,1-3H3. The van der Waals surface area contributed by atoms with Crippen molar-refractivity contribution >= 4 is 5.69 Å². The molecular weight excluding hydrogens is 248 g/mol. The second-order valence-corrected chi connectivity index (χ2v) is 6.69. The minimum atomic E-state index is 0.238. The number of anilines is 1. The molecule has 1 aromatic carbocycles. The number of hydrogen-bond acceptors (Lipinski definition) is 3. The van der Waals surface area contributed by atoms with E-state index in [9.17, 15) is 0 Å². The maximum absolute atomic E-state index is 5.52. The number of nitrogens with one attached hydrogen (secondary N) is 2. The Morgan fingerprint density at radius 2 is 2.25 bits per heavy atom. The molecule has 0 radical (unpaired) electrons. The van der Waals surface area contributed by atoms with Crippen molar-refractivity contribution in [3.05, 3.63) is 29.3 Å². The van der Waals surface area contributed by atoms with Crippen LogP contribution in [0, 0.1) is 5.41 Å². The van der Waals surface area contributed by atoms with Crippen molar-refractivity contribution in [3.63, 3.8) is 0 Å². The van der Waals surface area contributed by atoms with Gasteiger partial charge in [-0.1, -0.05) is 26.0 Å². The quantitative estimate of drug-likeness (QED) is 0.885. The zero-order chi connectivity index (χ0) is 14.2. The molecular formula is C17H26N2O. The fourth-order valence-electron chi connectivity index (χ4n) is 3.61. The minimum absolute atomic E-state index is 0.238. The van der Waals surface area contributed by atoms with E-state index in [2.05, 4.69) is 42.7 Å². The van der Waals surface area contributed by atoms with Crippen LogP contribution in [0.15, 0.2) is 18.2 Å². The SMILES string of the molecule is COC1CC(NCc2cccc3c2CCCN3)C1(C)C. The van der Waals surface area contributed by atoms with Crippen molar-refractivity contribution in [1.82, 2.24) is 5.32 Å². The molecule has 0 aromatic heterocycles. The predicted octanol–water partition coefficient (Wildman–Crippen LogP) is 2.95. The molecule has 2 N–H and O–H groups in total. The fourth-order valence-corrected chi connectivity index (χ4v) is 3.61. The first-order valence-corrected chi connectivity index (χ1v) is 7.73. The molecule has 1 saturated carbocycles. The second-order valence-electron chi connectivity index (χ2n) is 6.69. The van der Waals surface area contributed by atoms with E-state index < -0.39 is 0 Å². The molecule has 3 nitrogen and oxygen atoms in total. The molecule has 1 aliphatic heterocycles. The summed E-state index contributed by atoms with van der Waals surface area (Å²) in [5.41, 5.74) is 4.53. The Morgan fingerprint density at radius 3 is 3.00 bits per heavy atom. The number of methoxy groups -OCH3 is 1. The van der Waals surface area contributed by atoms with Gasteiger partial charge in [-0.15, -0.1) is 0 Å². The number of hydrogen-bond donors (Lipinski definition) is 2. The predicted molar refractivity (Wildman–Crippen MR) is 83.1 cm³/mol. The highest BCUT2D eigenvalue weighted by Crippen LogP contribution is 2.42. The van der Waals surface area contributed by atoms with Gasteiger partial charge in [0.1, 0.15) is 0 Å². The van der Waals surface area contributed by atoms with E-state index in [1.54, 1.807) is 0 Å². The highest BCUT2D eigenvalue weighted by Gasteiger charge is 2.48. The van der Waals surface area contributed by atoms with Gasteiger partial charge in [0.05, 0.1) is 6.10 Å². The van der Waals surface area contributed by atoms with Crippen LogP contribution in [-0.2, 0) is 17.7 Å². The molecule has 0 saturated heterocycles. The van der Waals surface area contributed by atoms with Crippen LogP contribution in [-0.4, -0.2) is 25.8 Å². The van der Waals surface area contributed by atoms with E-state index in [1.807, 2.05) is 7.11 Å². The molecule has 3 rings (SSSR count). The minimum Gasteiger partial charge on any atom is -0.385 e. The third kappa shape index (κ3) is 2.33. The monoisotopic (exact) mass is 274 g/mol. The van der Waals surface area contributed by atoms with Crippen LogP contribution in [0.25, 0.3) is 0 Å². The summed E-state index contributed by atoms with van der Waals surface area (Å²) in [4.78, 5) is 0. The molecule has 3 heteroatoms. The van der Waals surface area contributed by atoms with Crippen LogP contribution in [0.5, 0.6) is 0 Å². The van der Waals surface area contributed by atoms with Crippen LogP contribution in [0.1, 0.15) is 37.8 Å². The van der Waals surface area contributed by atoms with Gasteiger partial charge in [0.25, 0.3) is 0 Å². The molecule has 2 atom stereocenters.